The number of pyridine rings is 1. The van der Waals surface area contributed by atoms with Crippen LogP contribution in [0, 0.1) is 0 Å². The Morgan fingerprint density at radius 2 is 2.00 bits per heavy atom. The molecule has 0 unspecified atom stereocenters. The van der Waals surface area contributed by atoms with Gasteiger partial charge in [0.2, 0.25) is 0 Å². The molecule has 0 radical (unpaired) electrons. The summed E-state index contributed by atoms with van der Waals surface area (Å²) in [7, 11) is 0. The minimum absolute atomic E-state index is 0.303. The molecule has 5 heteroatoms. The van der Waals surface area contributed by atoms with Crippen LogP contribution in [0.25, 0.3) is 0 Å². The van der Waals surface area contributed by atoms with Gasteiger partial charge in [0, 0.05) is 13.1 Å². The number of carbonyl (C=O) groups is 2. The third-order valence-electron chi connectivity index (χ3n) is 0.917. The predicted molar refractivity (Wildman–Crippen MR) is 46.1 cm³/mol. The summed E-state index contributed by atoms with van der Waals surface area (Å²) in [5.41, 5.74) is 5.22. The van der Waals surface area contributed by atoms with Gasteiger partial charge in [-0.3, -0.25) is 14.6 Å². The minimum Gasteiger partial charge on any atom is -0.481 e. The van der Waals surface area contributed by atoms with Crippen LogP contribution in [0.4, 0.5) is 0 Å². The first-order valence-corrected chi connectivity index (χ1v) is 3.44. The van der Waals surface area contributed by atoms with Crippen LogP contribution in [0.15, 0.2) is 24.4 Å². The molecule has 70 valence electrons. The van der Waals surface area contributed by atoms with Gasteiger partial charge in [0.15, 0.2) is 0 Å². The second kappa shape index (κ2) is 5.70. The fraction of sp³-hybridized carbons (Fsp3) is 0.125. The number of carboxylic acid groups (broad SMARTS) is 1. The van der Waals surface area contributed by atoms with Crippen molar-refractivity contribution in [1.82, 2.24) is 4.98 Å². The van der Waals surface area contributed by atoms with E-state index in [0.29, 0.717) is 5.69 Å². The van der Waals surface area contributed by atoms with Crippen LogP contribution in [-0.4, -0.2) is 22.0 Å². The molecule has 0 saturated heterocycles. The van der Waals surface area contributed by atoms with Crippen LogP contribution in [0.2, 0.25) is 0 Å². The van der Waals surface area contributed by atoms with E-state index in [1.807, 2.05) is 0 Å². The maximum atomic E-state index is 10.4. The van der Waals surface area contributed by atoms with E-state index in [9.17, 15) is 4.79 Å². The molecule has 0 bridgehead atoms. The van der Waals surface area contributed by atoms with Crippen LogP contribution in [0.3, 0.4) is 0 Å². The van der Waals surface area contributed by atoms with Gasteiger partial charge in [-0.25, -0.2) is 0 Å². The number of hydrogen-bond donors (Lipinski definition) is 2. The summed E-state index contributed by atoms with van der Waals surface area (Å²) in [5.74, 6) is -1.32. The average molecular weight is 182 g/mol. The molecule has 0 saturated carbocycles. The van der Waals surface area contributed by atoms with Gasteiger partial charge in [-0.15, -0.1) is 0 Å². The highest BCUT2D eigenvalue weighted by atomic mass is 16.4. The number of carbonyl (C=O) groups excluding carboxylic acids is 1. The maximum Gasteiger partial charge on any atom is 0.300 e. The third kappa shape index (κ3) is 6.49. The molecule has 0 fully saturated rings. The zero-order chi connectivity index (χ0) is 10.3. The molecule has 0 aromatic carbocycles. The quantitative estimate of drug-likeness (QED) is 0.651. The Morgan fingerprint density at radius 1 is 1.46 bits per heavy atom. The molecule has 1 aromatic heterocycles. The van der Waals surface area contributed by atoms with Crippen LogP contribution < -0.4 is 5.73 Å². The van der Waals surface area contributed by atoms with Crippen molar-refractivity contribution in [3.8, 4) is 0 Å². The number of carboxylic acids is 1. The van der Waals surface area contributed by atoms with Gasteiger partial charge in [-0.05, 0) is 12.1 Å². The largest absolute Gasteiger partial charge is 0.481 e. The van der Waals surface area contributed by atoms with E-state index in [-0.39, 0.29) is 0 Å². The van der Waals surface area contributed by atoms with Crippen LogP contribution in [0.5, 0.6) is 0 Å². The van der Waals surface area contributed by atoms with Crippen molar-refractivity contribution in [2.75, 3.05) is 0 Å². The first-order chi connectivity index (χ1) is 6.04. The zero-order valence-corrected chi connectivity index (χ0v) is 7.10. The van der Waals surface area contributed by atoms with Crippen molar-refractivity contribution in [3.05, 3.63) is 30.1 Å². The number of nitrogens with zero attached hydrogens (tertiary/aromatic N) is 1. The topological polar surface area (TPSA) is 93.3 Å². The molecular formula is C8H10N2O3. The van der Waals surface area contributed by atoms with Crippen LogP contribution >= 0.6 is 0 Å². The summed E-state index contributed by atoms with van der Waals surface area (Å²) < 4.78 is 0. The van der Waals surface area contributed by atoms with E-state index in [1.165, 1.54) is 6.20 Å². The lowest BCUT2D eigenvalue weighted by Gasteiger charge is -1.88. The fourth-order valence-electron chi connectivity index (χ4n) is 0.509. The Bertz CT molecular complexity index is 281. The Morgan fingerprint density at radius 3 is 2.23 bits per heavy atom. The van der Waals surface area contributed by atoms with E-state index in [4.69, 9.17) is 15.6 Å². The van der Waals surface area contributed by atoms with E-state index in [1.54, 1.807) is 18.2 Å². The number of aliphatic carboxylic acids is 1. The molecular weight excluding hydrogens is 172 g/mol. The molecule has 1 aromatic rings. The number of amides is 1. The van der Waals surface area contributed by atoms with E-state index in [2.05, 4.69) is 4.98 Å². The molecule has 1 heterocycles. The standard InChI is InChI=1S/C6H6N2O.C2H4O2/c7-6(9)5-3-1-2-4-8-5;1-2(3)4/h1-4H,(H2,7,9);1H3,(H,3,4). The molecule has 0 aliphatic carbocycles. The van der Waals surface area contributed by atoms with Crippen molar-refractivity contribution in [3.63, 3.8) is 0 Å². The Kier molecular flexibility index (Phi) is 4.87. The smallest absolute Gasteiger partial charge is 0.300 e. The van der Waals surface area contributed by atoms with E-state index in [0.717, 1.165) is 6.92 Å². The lowest BCUT2D eigenvalue weighted by atomic mass is 10.3. The SMILES string of the molecule is CC(=O)O.NC(=O)c1ccccn1. The summed E-state index contributed by atoms with van der Waals surface area (Å²) in [6, 6.07) is 5.02. The zero-order valence-electron chi connectivity index (χ0n) is 7.10. The first kappa shape index (κ1) is 11.1. The summed E-state index contributed by atoms with van der Waals surface area (Å²) in [4.78, 5) is 23.1. The molecule has 1 amide bonds. The number of aromatic nitrogens is 1. The molecule has 3 N–H and O–H groups in total. The van der Waals surface area contributed by atoms with Crippen molar-refractivity contribution >= 4 is 11.9 Å². The molecule has 0 aliphatic heterocycles. The number of hydrogen-bond acceptors (Lipinski definition) is 3. The highest BCUT2D eigenvalue weighted by Gasteiger charge is 1.95. The van der Waals surface area contributed by atoms with Gasteiger partial charge in [0.05, 0.1) is 0 Å². The first-order valence-electron chi connectivity index (χ1n) is 3.44. The Labute approximate surface area is 75.2 Å². The lowest BCUT2D eigenvalue weighted by Crippen LogP contribution is -2.12. The Hall–Kier alpha value is -1.91. The monoisotopic (exact) mass is 182 g/mol. The normalized spacial score (nSPS) is 8.08. The fourth-order valence-corrected chi connectivity index (χ4v) is 0.509. The highest BCUT2D eigenvalue weighted by Crippen LogP contribution is 1.88. The van der Waals surface area contributed by atoms with Crippen LogP contribution in [0.1, 0.15) is 17.4 Å². The van der Waals surface area contributed by atoms with E-state index >= 15 is 0 Å². The van der Waals surface area contributed by atoms with Gasteiger partial charge in [0.1, 0.15) is 5.69 Å². The summed E-state index contributed by atoms with van der Waals surface area (Å²) in [6.45, 7) is 1.08. The Balaban J connectivity index is 0.000000310. The van der Waals surface area contributed by atoms with Crippen molar-refractivity contribution in [2.45, 2.75) is 6.92 Å². The van der Waals surface area contributed by atoms with Gasteiger partial charge in [-0.1, -0.05) is 6.07 Å². The van der Waals surface area contributed by atoms with Gasteiger partial charge in [-0.2, -0.15) is 0 Å². The van der Waals surface area contributed by atoms with Crippen LogP contribution in [-0.2, 0) is 4.79 Å². The number of primary amides is 1. The summed E-state index contributed by atoms with van der Waals surface area (Å²) in [5, 5.41) is 7.42. The van der Waals surface area contributed by atoms with E-state index < -0.39 is 11.9 Å². The molecule has 0 atom stereocenters. The van der Waals surface area contributed by atoms with Crippen molar-refractivity contribution in [1.29, 1.82) is 0 Å². The second-order valence-electron chi connectivity index (χ2n) is 2.10. The summed E-state index contributed by atoms with van der Waals surface area (Å²) >= 11 is 0. The maximum absolute atomic E-state index is 10.4. The third-order valence-corrected chi connectivity index (χ3v) is 0.917. The minimum atomic E-state index is -0.833. The number of rotatable bonds is 1. The number of nitrogens with two attached hydrogens (primary N) is 1. The van der Waals surface area contributed by atoms with Gasteiger partial charge < -0.3 is 10.8 Å². The molecule has 0 aliphatic rings. The molecule has 5 nitrogen and oxygen atoms in total. The highest BCUT2D eigenvalue weighted by molar-refractivity contribution is 5.90. The van der Waals surface area contributed by atoms with Crippen molar-refractivity contribution in [2.24, 2.45) is 5.73 Å². The molecule has 0 spiro atoms. The summed E-state index contributed by atoms with van der Waals surface area (Å²) in [6.07, 6.45) is 1.53. The molecule has 13 heavy (non-hydrogen) atoms. The van der Waals surface area contributed by atoms with Gasteiger partial charge in [0.25, 0.3) is 11.9 Å². The van der Waals surface area contributed by atoms with Gasteiger partial charge >= 0.3 is 0 Å². The van der Waals surface area contributed by atoms with Crippen molar-refractivity contribution < 1.29 is 14.7 Å². The average Bonchev–Trinajstić information content (AvgIpc) is 2.05. The molecule has 1 rings (SSSR count). The predicted octanol–water partition coefficient (Wildman–Crippen LogP) is 0.271. The lowest BCUT2D eigenvalue weighted by molar-refractivity contribution is -0.134. The second-order valence-corrected chi connectivity index (χ2v) is 2.10.